The van der Waals surface area contributed by atoms with Gasteiger partial charge in [0.2, 0.25) is 0 Å². The van der Waals surface area contributed by atoms with E-state index in [9.17, 15) is 27.6 Å². The number of aromatic nitrogens is 2. The zero-order valence-electron chi connectivity index (χ0n) is 19.1. The Balaban J connectivity index is 1.20. The van der Waals surface area contributed by atoms with Crippen LogP contribution in [0.1, 0.15) is 44.2 Å². The van der Waals surface area contributed by atoms with Crippen LogP contribution in [0.2, 0.25) is 0 Å². The van der Waals surface area contributed by atoms with Gasteiger partial charge in [-0.3, -0.25) is 14.4 Å². The van der Waals surface area contributed by atoms with E-state index in [-0.39, 0.29) is 40.9 Å². The summed E-state index contributed by atoms with van der Waals surface area (Å²) in [6.45, 7) is -0.185. The summed E-state index contributed by atoms with van der Waals surface area (Å²) in [5.41, 5.74) is 0.674. The number of benzene rings is 1. The number of nitrogens with zero attached hydrogens (tertiary/aromatic N) is 2. The van der Waals surface area contributed by atoms with Crippen LogP contribution in [0.25, 0.3) is 10.8 Å². The van der Waals surface area contributed by atoms with E-state index in [0.717, 1.165) is 36.8 Å². The first-order valence-electron chi connectivity index (χ1n) is 11.6. The summed E-state index contributed by atoms with van der Waals surface area (Å²) < 4.78 is 43.7. The molecule has 1 spiro atoms. The van der Waals surface area contributed by atoms with Crippen molar-refractivity contribution in [1.82, 2.24) is 20.4 Å². The lowest BCUT2D eigenvalue weighted by Gasteiger charge is -2.57. The molecule has 1 aromatic carbocycles. The molecule has 0 unspecified atom stereocenters. The van der Waals surface area contributed by atoms with Crippen molar-refractivity contribution in [1.29, 1.82) is 0 Å². The molecule has 0 saturated heterocycles. The molecule has 2 saturated carbocycles. The van der Waals surface area contributed by atoms with Gasteiger partial charge < -0.3 is 15.0 Å². The topological polar surface area (TPSA) is 104 Å². The summed E-state index contributed by atoms with van der Waals surface area (Å²) >= 11 is 0. The molecule has 1 aromatic heterocycles. The molecule has 2 amide bonds. The van der Waals surface area contributed by atoms with Crippen LogP contribution in [0.4, 0.5) is 13.2 Å². The quantitative estimate of drug-likeness (QED) is 0.648. The van der Waals surface area contributed by atoms with Gasteiger partial charge in [0.25, 0.3) is 17.4 Å². The van der Waals surface area contributed by atoms with Crippen molar-refractivity contribution in [3.63, 3.8) is 0 Å². The van der Waals surface area contributed by atoms with Gasteiger partial charge in [-0.25, -0.2) is 5.10 Å². The number of hydrogen-bond donors (Lipinski definition) is 2. The molecule has 0 bridgehead atoms. The first kappa shape index (κ1) is 23.4. The minimum absolute atomic E-state index is 0.0579. The summed E-state index contributed by atoms with van der Waals surface area (Å²) in [6, 6.07) is 7.25. The fourth-order valence-corrected chi connectivity index (χ4v) is 5.74. The Morgan fingerprint density at radius 1 is 1.20 bits per heavy atom. The molecule has 0 radical (unpaired) electrons. The second kappa shape index (κ2) is 8.39. The second-order valence-electron chi connectivity index (χ2n) is 9.68. The Bertz CT molecular complexity index is 1270. The van der Waals surface area contributed by atoms with Crippen LogP contribution in [0, 0.1) is 5.41 Å². The van der Waals surface area contributed by atoms with Crippen molar-refractivity contribution in [2.75, 3.05) is 19.7 Å². The molecule has 2 aliphatic carbocycles. The van der Waals surface area contributed by atoms with Gasteiger partial charge >= 0.3 is 6.18 Å². The highest BCUT2D eigenvalue weighted by molar-refractivity contribution is 6.07. The van der Waals surface area contributed by atoms with E-state index in [2.05, 4.69) is 15.5 Å². The van der Waals surface area contributed by atoms with Crippen LogP contribution in [0.5, 0.6) is 0 Å². The third-order valence-corrected chi connectivity index (χ3v) is 7.20. The lowest BCUT2D eigenvalue weighted by molar-refractivity contribution is -0.158. The molecule has 0 atom stereocenters. The first-order chi connectivity index (χ1) is 16.6. The number of fused-ring (bicyclic) bond motifs is 1. The van der Waals surface area contributed by atoms with Crippen molar-refractivity contribution in [3.05, 3.63) is 51.6 Å². The highest BCUT2D eigenvalue weighted by Crippen LogP contribution is 2.62. The van der Waals surface area contributed by atoms with Crippen LogP contribution >= 0.6 is 0 Å². The van der Waals surface area contributed by atoms with Gasteiger partial charge in [0.15, 0.2) is 5.76 Å². The van der Waals surface area contributed by atoms with Gasteiger partial charge in [0.05, 0.1) is 29.8 Å². The maximum atomic E-state index is 12.8. The molecule has 3 aliphatic rings. The molecule has 2 aromatic rings. The van der Waals surface area contributed by atoms with E-state index in [1.165, 1.54) is 0 Å². The Labute approximate surface area is 198 Å². The van der Waals surface area contributed by atoms with Crippen LogP contribution < -0.4 is 10.9 Å². The summed E-state index contributed by atoms with van der Waals surface area (Å²) in [5.74, 6) is -1.57. The molecule has 1 aliphatic heterocycles. The lowest BCUT2D eigenvalue weighted by atomic mass is 9.49. The van der Waals surface area contributed by atoms with Gasteiger partial charge in [0.1, 0.15) is 6.54 Å². The molecule has 2 fully saturated rings. The monoisotopic (exact) mass is 490 g/mol. The molecule has 11 heteroatoms. The van der Waals surface area contributed by atoms with Gasteiger partial charge in [0, 0.05) is 17.3 Å². The maximum absolute atomic E-state index is 12.8. The van der Waals surface area contributed by atoms with Gasteiger partial charge in [-0.15, -0.1) is 0 Å². The number of rotatable bonds is 6. The fraction of sp³-hybridized carbons (Fsp3) is 0.500. The molecule has 5 rings (SSSR count). The molecule has 2 heterocycles. The first-order valence-corrected chi connectivity index (χ1v) is 11.6. The van der Waals surface area contributed by atoms with Crippen molar-refractivity contribution in [3.8, 4) is 0 Å². The van der Waals surface area contributed by atoms with E-state index in [1.807, 2.05) is 18.2 Å². The van der Waals surface area contributed by atoms with E-state index in [0.29, 0.717) is 10.3 Å². The average Bonchev–Trinajstić information content (AvgIpc) is 3.04. The molecule has 35 heavy (non-hydrogen) atoms. The zero-order valence-corrected chi connectivity index (χ0v) is 19.1. The number of amides is 2. The predicted octanol–water partition coefficient (Wildman–Crippen LogP) is 2.76. The summed E-state index contributed by atoms with van der Waals surface area (Å²) in [4.78, 5) is 37.8. The predicted molar refractivity (Wildman–Crippen MR) is 119 cm³/mol. The van der Waals surface area contributed by atoms with Gasteiger partial charge in [-0.1, -0.05) is 18.2 Å². The van der Waals surface area contributed by atoms with Crippen LogP contribution in [0.15, 0.2) is 40.4 Å². The van der Waals surface area contributed by atoms with E-state index in [1.54, 1.807) is 13.0 Å². The van der Waals surface area contributed by atoms with Gasteiger partial charge in [-0.2, -0.15) is 18.3 Å². The number of aromatic amines is 1. The highest BCUT2D eigenvalue weighted by Gasteiger charge is 2.54. The molecule has 2 N–H and O–H groups in total. The molecule has 186 valence electrons. The minimum Gasteiger partial charge on any atom is -0.488 e. The second-order valence-corrected chi connectivity index (χ2v) is 9.68. The number of carbonyl (C=O) groups is 2. The van der Waals surface area contributed by atoms with Crippen LogP contribution in [-0.2, 0) is 14.3 Å². The molecular formula is C24H25F3N4O4. The third-order valence-electron chi connectivity index (χ3n) is 7.20. The number of hydrogen-bond acceptors (Lipinski definition) is 5. The van der Waals surface area contributed by atoms with E-state index >= 15 is 0 Å². The van der Waals surface area contributed by atoms with Crippen molar-refractivity contribution < 1.29 is 27.5 Å². The Morgan fingerprint density at radius 3 is 2.54 bits per heavy atom. The van der Waals surface area contributed by atoms with Crippen molar-refractivity contribution in [2.45, 2.75) is 50.7 Å². The molecule has 8 nitrogen and oxygen atoms in total. The maximum Gasteiger partial charge on any atom is 0.406 e. The Morgan fingerprint density at radius 2 is 1.89 bits per heavy atom. The SMILES string of the molecule is CCOC1=C(C(=O)NC2CC3(C2)CC(c2n[nH]c(=O)c4ccccc24)C3)CN(CC(F)(F)F)C1=O. The Kier molecular flexibility index (Phi) is 5.60. The summed E-state index contributed by atoms with van der Waals surface area (Å²) in [6.07, 6.45) is -1.31. The van der Waals surface area contributed by atoms with Gasteiger partial charge in [-0.05, 0) is 44.1 Å². The average molecular weight is 490 g/mol. The number of alkyl halides is 3. The summed E-state index contributed by atoms with van der Waals surface area (Å²) in [5, 5.41) is 11.2. The lowest BCUT2D eigenvalue weighted by Crippen LogP contribution is -2.56. The Hall–Kier alpha value is -3.37. The number of carbonyl (C=O) groups excluding carboxylic acids is 2. The normalized spacial score (nSPS) is 26.2. The smallest absolute Gasteiger partial charge is 0.406 e. The highest BCUT2D eigenvalue weighted by atomic mass is 19.4. The van der Waals surface area contributed by atoms with Crippen LogP contribution in [-0.4, -0.2) is 58.8 Å². The zero-order chi connectivity index (χ0) is 25.0. The van der Waals surface area contributed by atoms with E-state index < -0.39 is 31.1 Å². The fourth-order valence-electron chi connectivity index (χ4n) is 5.74. The standard InChI is InChI=1S/C24H25F3N4O4/c1-2-35-19-17(11-31(22(19)34)12-24(25,26)27)20(32)28-14-9-23(10-14)7-13(8-23)18-15-5-3-4-6-16(15)21(33)30-29-18/h3-6,13-14H,2,7-12H2,1H3,(H,28,32)(H,30,33). The summed E-state index contributed by atoms with van der Waals surface area (Å²) in [7, 11) is 0. The minimum atomic E-state index is -4.56. The largest absolute Gasteiger partial charge is 0.488 e. The van der Waals surface area contributed by atoms with Crippen molar-refractivity contribution >= 4 is 22.6 Å². The van der Waals surface area contributed by atoms with Crippen molar-refractivity contribution in [2.24, 2.45) is 5.41 Å². The number of nitrogens with one attached hydrogen (secondary N) is 2. The molecular weight excluding hydrogens is 465 g/mol. The third kappa shape index (κ3) is 4.28. The number of H-pyrrole nitrogens is 1. The number of halogens is 3. The van der Waals surface area contributed by atoms with E-state index in [4.69, 9.17) is 4.74 Å². The number of ether oxygens (including phenoxy) is 1. The van der Waals surface area contributed by atoms with Crippen LogP contribution in [0.3, 0.4) is 0 Å².